The van der Waals surface area contributed by atoms with E-state index in [9.17, 15) is 4.79 Å². The molecule has 3 N–H and O–H groups in total. The van der Waals surface area contributed by atoms with Gasteiger partial charge in [-0.15, -0.1) is 11.3 Å². The van der Waals surface area contributed by atoms with Gasteiger partial charge >= 0.3 is 0 Å². The minimum Gasteiger partial charge on any atom is -0.354 e. The first kappa shape index (κ1) is 15.2. The van der Waals surface area contributed by atoms with Crippen molar-refractivity contribution in [2.45, 2.75) is 51.5 Å². The molecule has 0 radical (unpaired) electrons. The predicted molar refractivity (Wildman–Crippen MR) is 77.8 cm³/mol. The fraction of sp³-hybridized carbons (Fsp3) is 0.643. The smallest absolute Gasteiger partial charge is 0.220 e. The molecule has 102 valence electrons. The van der Waals surface area contributed by atoms with Gasteiger partial charge in [-0.05, 0) is 37.1 Å². The van der Waals surface area contributed by atoms with Crippen LogP contribution in [-0.4, -0.2) is 18.0 Å². The van der Waals surface area contributed by atoms with Crippen LogP contribution in [0.15, 0.2) is 17.5 Å². The minimum absolute atomic E-state index is 0.114. The Balaban J connectivity index is 2.18. The molecular weight excluding hydrogens is 244 g/mol. The maximum Gasteiger partial charge on any atom is 0.220 e. The van der Waals surface area contributed by atoms with E-state index in [2.05, 4.69) is 30.6 Å². The van der Waals surface area contributed by atoms with E-state index in [1.807, 2.05) is 6.07 Å². The molecule has 0 fully saturated rings. The third kappa shape index (κ3) is 5.19. The monoisotopic (exact) mass is 268 g/mol. The van der Waals surface area contributed by atoms with Crippen LogP contribution in [0.25, 0.3) is 0 Å². The standard InChI is InChI=1S/C14H24N2OS/c1-3-14(15,4-2)11-16-13(17)9-5-7-12-8-6-10-18-12/h6,8,10H,3-5,7,9,11,15H2,1-2H3,(H,16,17). The molecule has 0 aliphatic heterocycles. The summed E-state index contributed by atoms with van der Waals surface area (Å²) in [4.78, 5) is 13.0. The van der Waals surface area contributed by atoms with Crippen molar-refractivity contribution in [3.05, 3.63) is 22.4 Å². The van der Waals surface area contributed by atoms with E-state index in [-0.39, 0.29) is 11.4 Å². The molecule has 4 heteroatoms. The summed E-state index contributed by atoms with van der Waals surface area (Å²) in [5.74, 6) is 0.114. The number of carbonyl (C=O) groups is 1. The number of nitrogens with two attached hydrogens (primary N) is 1. The highest BCUT2D eigenvalue weighted by atomic mass is 32.1. The molecule has 0 unspecified atom stereocenters. The summed E-state index contributed by atoms with van der Waals surface area (Å²) in [7, 11) is 0. The molecule has 0 saturated carbocycles. The van der Waals surface area contributed by atoms with Gasteiger partial charge in [-0.2, -0.15) is 0 Å². The van der Waals surface area contributed by atoms with Gasteiger partial charge in [0.2, 0.25) is 5.91 Å². The first-order valence-corrected chi connectivity index (χ1v) is 7.55. The van der Waals surface area contributed by atoms with Crippen LogP contribution in [0, 0.1) is 0 Å². The summed E-state index contributed by atoms with van der Waals surface area (Å²) in [6.45, 7) is 4.71. The lowest BCUT2D eigenvalue weighted by Crippen LogP contribution is -2.49. The molecule has 1 aromatic rings. The fourth-order valence-electron chi connectivity index (χ4n) is 1.74. The zero-order valence-electron chi connectivity index (χ0n) is 11.4. The van der Waals surface area contributed by atoms with Gasteiger partial charge in [-0.3, -0.25) is 4.79 Å². The van der Waals surface area contributed by atoms with Gasteiger partial charge in [0.15, 0.2) is 0 Å². The van der Waals surface area contributed by atoms with Crippen LogP contribution < -0.4 is 11.1 Å². The minimum atomic E-state index is -0.247. The third-order valence-corrected chi connectivity index (χ3v) is 4.39. The first-order chi connectivity index (χ1) is 8.59. The molecule has 18 heavy (non-hydrogen) atoms. The number of thiophene rings is 1. The van der Waals surface area contributed by atoms with Crippen LogP contribution in [0.4, 0.5) is 0 Å². The topological polar surface area (TPSA) is 55.1 Å². The molecule has 0 atom stereocenters. The van der Waals surface area contributed by atoms with Crippen LogP contribution in [0.1, 0.15) is 44.4 Å². The van der Waals surface area contributed by atoms with E-state index in [0.29, 0.717) is 13.0 Å². The molecular formula is C14H24N2OS. The Hall–Kier alpha value is -0.870. The van der Waals surface area contributed by atoms with Gasteiger partial charge < -0.3 is 11.1 Å². The van der Waals surface area contributed by atoms with Gasteiger partial charge in [-0.25, -0.2) is 0 Å². The number of hydrogen-bond donors (Lipinski definition) is 2. The molecule has 0 aliphatic carbocycles. The van der Waals surface area contributed by atoms with Crippen molar-refractivity contribution < 1.29 is 4.79 Å². The van der Waals surface area contributed by atoms with E-state index in [1.54, 1.807) is 11.3 Å². The molecule has 1 aromatic heterocycles. The SMILES string of the molecule is CCC(N)(CC)CNC(=O)CCCc1cccs1. The fourth-order valence-corrected chi connectivity index (χ4v) is 2.49. The highest BCUT2D eigenvalue weighted by Crippen LogP contribution is 2.12. The molecule has 1 amide bonds. The summed E-state index contributed by atoms with van der Waals surface area (Å²) in [6.07, 6.45) is 4.25. The highest BCUT2D eigenvalue weighted by Gasteiger charge is 2.20. The van der Waals surface area contributed by atoms with Crippen molar-refractivity contribution in [1.29, 1.82) is 0 Å². The molecule has 0 saturated heterocycles. The number of carbonyl (C=O) groups excluding carboxylic acids is 1. The van der Waals surface area contributed by atoms with E-state index in [4.69, 9.17) is 5.73 Å². The van der Waals surface area contributed by atoms with Crippen LogP contribution in [0.3, 0.4) is 0 Å². The van der Waals surface area contributed by atoms with Crippen molar-refractivity contribution in [1.82, 2.24) is 5.32 Å². The molecule has 0 aromatic carbocycles. The van der Waals surface area contributed by atoms with Crippen LogP contribution in [-0.2, 0) is 11.2 Å². The Morgan fingerprint density at radius 1 is 1.44 bits per heavy atom. The lowest BCUT2D eigenvalue weighted by molar-refractivity contribution is -0.121. The van der Waals surface area contributed by atoms with Gasteiger partial charge in [0.05, 0.1) is 0 Å². The Kier molecular flexibility index (Phi) is 6.36. The summed E-state index contributed by atoms with van der Waals surface area (Å²) in [5.41, 5.74) is 5.89. The average Bonchev–Trinajstić information content (AvgIpc) is 2.89. The second-order valence-electron chi connectivity index (χ2n) is 4.78. The number of nitrogens with one attached hydrogen (secondary N) is 1. The largest absolute Gasteiger partial charge is 0.354 e. The number of hydrogen-bond acceptors (Lipinski definition) is 3. The van der Waals surface area contributed by atoms with Crippen LogP contribution >= 0.6 is 11.3 Å². The summed E-state index contributed by atoms with van der Waals surface area (Å²) >= 11 is 1.75. The molecule has 3 nitrogen and oxygen atoms in total. The van der Waals surface area contributed by atoms with E-state index < -0.39 is 0 Å². The van der Waals surface area contributed by atoms with Crippen molar-refractivity contribution in [2.24, 2.45) is 5.73 Å². The van der Waals surface area contributed by atoms with Crippen molar-refractivity contribution in [2.75, 3.05) is 6.54 Å². The predicted octanol–water partition coefficient (Wildman–Crippen LogP) is 2.70. The van der Waals surface area contributed by atoms with Gasteiger partial charge in [-0.1, -0.05) is 19.9 Å². The summed E-state index contributed by atoms with van der Waals surface area (Å²) in [6, 6.07) is 4.16. The first-order valence-electron chi connectivity index (χ1n) is 6.67. The Morgan fingerprint density at radius 3 is 2.72 bits per heavy atom. The Morgan fingerprint density at radius 2 is 2.17 bits per heavy atom. The normalized spacial score (nSPS) is 11.5. The molecule has 1 rings (SSSR count). The van der Waals surface area contributed by atoms with Gasteiger partial charge in [0, 0.05) is 23.4 Å². The third-order valence-electron chi connectivity index (χ3n) is 3.45. The maximum absolute atomic E-state index is 11.7. The Bertz CT molecular complexity index is 345. The second kappa shape index (κ2) is 7.54. The van der Waals surface area contributed by atoms with E-state index >= 15 is 0 Å². The molecule has 0 aliphatic rings. The lowest BCUT2D eigenvalue weighted by atomic mass is 9.94. The Labute approximate surface area is 114 Å². The number of aryl methyl sites for hydroxylation is 1. The van der Waals surface area contributed by atoms with E-state index in [1.165, 1.54) is 4.88 Å². The van der Waals surface area contributed by atoms with E-state index in [0.717, 1.165) is 25.7 Å². The van der Waals surface area contributed by atoms with Crippen molar-refractivity contribution in [3.8, 4) is 0 Å². The maximum atomic E-state index is 11.7. The van der Waals surface area contributed by atoms with Gasteiger partial charge in [0.1, 0.15) is 0 Å². The zero-order chi connectivity index (χ0) is 13.4. The average molecular weight is 268 g/mol. The van der Waals surface area contributed by atoms with Crippen molar-refractivity contribution in [3.63, 3.8) is 0 Å². The number of rotatable bonds is 8. The zero-order valence-corrected chi connectivity index (χ0v) is 12.2. The quantitative estimate of drug-likeness (QED) is 0.761. The number of amides is 1. The van der Waals surface area contributed by atoms with Crippen LogP contribution in [0.5, 0.6) is 0 Å². The molecule has 0 bridgehead atoms. The van der Waals surface area contributed by atoms with Crippen molar-refractivity contribution >= 4 is 17.2 Å². The summed E-state index contributed by atoms with van der Waals surface area (Å²) < 4.78 is 0. The second-order valence-corrected chi connectivity index (χ2v) is 5.81. The van der Waals surface area contributed by atoms with Crippen LogP contribution in [0.2, 0.25) is 0 Å². The lowest BCUT2D eigenvalue weighted by Gasteiger charge is -2.26. The molecule has 1 heterocycles. The van der Waals surface area contributed by atoms with Gasteiger partial charge in [0.25, 0.3) is 0 Å². The highest BCUT2D eigenvalue weighted by molar-refractivity contribution is 7.09. The summed E-state index contributed by atoms with van der Waals surface area (Å²) in [5, 5.41) is 5.01. The molecule has 0 spiro atoms.